The molecule has 5 rings (SSSR count). The minimum absolute atomic E-state index is 0.198. The monoisotopic (exact) mass is 528 g/mol. The van der Waals surface area contributed by atoms with E-state index in [4.69, 9.17) is 9.47 Å². The average Bonchev–Trinajstić information content (AvgIpc) is 3.01. The predicted octanol–water partition coefficient (Wildman–Crippen LogP) is 7.58. The minimum Gasteiger partial charge on any atom is -0.465 e. The van der Waals surface area contributed by atoms with E-state index in [-0.39, 0.29) is 13.2 Å². The van der Waals surface area contributed by atoms with Crippen molar-refractivity contribution >= 4 is 34.2 Å². The van der Waals surface area contributed by atoms with E-state index in [1.807, 2.05) is 97.1 Å². The van der Waals surface area contributed by atoms with Gasteiger partial charge in [-0.25, -0.2) is 0 Å². The summed E-state index contributed by atoms with van der Waals surface area (Å²) < 4.78 is 11.4. The van der Waals surface area contributed by atoms with Crippen molar-refractivity contribution in [3.8, 4) is 0 Å². The molecule has 0 radical (unpaired) electrons. The zero-order chi connectivity index (χ0) is 27.9. The molecule has 0 amide bonds. The highest BCUT2D eigenvalue weighted by Gasteiger charge is 2.48. The molecule has 1 aliphatic rings. The lowest BCUT2D eigenvalue weighted by atomic mass is 9.65. The van der Waals surface area contributed by atoms with Crippen molar-refractivity contribution in [2.24, 2.45) is 11.8 Å². The predicted molar refractivity (Wildman–Crippen MR) is 160 cm³/mol. The van der Waals surface area contributed by atoms with Crippen molar-refractivity contribution in [1.29, 1.82) is 0 Å². The van der Waals surface area contributed by atoms with Crippen LogP contribution in [0.2, 0.25) is 0 Å². The summed E-state index contributed by atoms with van der Waals surface area (Å²) in [7, 11) is 0. The Morgan fingerprint density at radius 1 is 0.475 bits per heavy atom. The first kappa shape index (κ1) is 26.9. The van der Waals surface area contributed by atoms with Gasteiger partial charge in [-0.2, -0.15) is 0 Å². The van der Waals surface area contributed by atoms with Crippen LogP contribution in [0.25, 0.3) is 22.3 Å². The summed E-state index contributed by atoms with van der Waals surface area (Å²) in [4.78, 5) is 28.0. The normalized spacial score (nSPS) is 16.9. The fourth-order valence-corrected chi connectivity index (χ4v) is 5.58. The van der Waals surface area contributed by atoms with Crippen molar-refractivity contribution in [2.75, 3.05) is 13.2 Å². The summed E-state index contributed by atoms with van der Waals surface area (Å²) >= 11 is 0. The molecule has 0 saturated carbocycles. The lowest BCUT2D eigenvalue weighted by Gasteiger charge is -2.37. The van der Waals surface area contributed by atoms with Gasteiger partial charge >= 0.3 is 11.9 Å². The van der Waals surface area contributed by atoms with E-state index in [1.54, 1.807) is 13.8 Å². The number of rotatable bonds is 8. The van der Waals surface area contributed by atoms with Crippen molar-refractivity contribution in [3.05, 3.63) is 144 Å². The minimum atomic E-state index is -0.917. The number of carbonyl (C=O) groups excluding carboxylic acids is 2. The summed E-state index contributed by atoms with van der Waals surface area (Å²) in [6.45, 7) is 3.97. The van der Waals surface area contributed by atoms with Gasteiger partial charge in [0.2, 0.25) is 0 Å². The van der Waals surface area contributed by atoms with Gasteiger partial charge in [0.05, 0.1) is 13.2 Å². The van der Waals surface area contributed by atoms with Gasteiger partial charge in [-0.1, -0.05) is 121 Å². The van der Waals surface area contributed by atoms with Crippen LogP contribution in [0.4, 0.5) is 0 Å². The maximum Gasteiger partial charge on any atom is 0.314 e. The van der Waals surface area contributed by atoms with E-state index < -0.39 is 23.8 Å². The first-order chi connectivity index (χ1) is 19.7. The molecule has 0 heterocycles. The Hall–Kier alpha value is -4.70. The third-order valence-electron chi connectivity index (χ3n) is 7.12. The van der Waals surface area contributed by atoms with Crippen molar-refractivity contribution in [3.63, 3.8) is 0 Å². The molecule has 4 aromatic rings. The Kier molecular flexibility index (Phi) is 8.36. The number of esters is 2. The fourth-order valence-electron chi connectivity index (χ4n) is 5.58. The maximum absolute atomic E-state index is 14.0. The SMILES string of the molecule is CCOC(=O)C1C(c2ccccc2)=C(c2ccccc2)C(c2ccccc2)=C(c2ccccc2)C1C(=O)OCC. The molecule has 0 aromatic heterocycles. The third kappa shape index (κ3) is 5.26. The lowest BCUT2D eigenvalue weighted by molar-refractivity contribution is -0.155. The summed E-state index contributed by atoms with van der Waals surface area (Å²) in [5.74, 6) is -2.74. The Morgan fingerprint density at radius 2 is 0.750 bits per heavy atom. The highest BCUT2D eigenvalue weighted by Crippen LogP contribution is 2.54. The fraction of sp³-hybridized carbons (Fsp3) is 0.167. The zero-order valence-electron chi connectivity index (χ0n) is 22.7. The summed E-state index contributed by atoms with van der Waals surface area (Å²) in [6, 6.07) is 39.8. The second-order valence-electron chi connectivity index (χ2n) is 9.50. The number of hydrogen-bond donors (Lipinski definition) is 0. The third-order valence-corrected chi connectivity index (χ3v) is 7.12. The highest BCUT2D eigenvalue weighted by molar-refractivity contribution is 6.28. The summed E-state index contributed by atoms with van der Waals surface area (Å²) in [5.41, 5.74) is 6.91. The van der Waals surface area contributed by atoms with Gasteiger partial charge in [0.1, 0.15) is 11.8 Å². The molecule has 200 valence electrons. The van der Waals surface area contributed by atoms with Crippen molar-refractivity contribution in [1.82, 2.24) is 0 Å². The Balaban J connectivity index is 2.00. The Bertz CT molecular complexity index is 1400. The van der Waals surface area contributed by atoms with Crippen LogP contribution >= 0.6 is 0 Å². The van der Waals surface area contributed by atoms with Crippen LogP contribution < -0.4 is 0 Å². The van der Waals surface area contributed by atoms with Gasteiger partial charge in [0.25, 0.3) is 0 Å². The van der Waals surface area contributed by atoms with E-state index >= 15 is 0 Å². The molecule has 2 unspecified atom stereocenters. The van der Waals surface area contributed by atoms with Gasteiger partial charge in [0, 0.05) is 0 Å². The van der Waals surface area contributed by atoms with E-state index in [0.717, 1.165) is 44.5 Å². The quantitative estimate of drug-likeness (QED) is 0.221. The molecule has 2 atom stereocenters. The van der Waals surface area contributed by atoms with Gasteiger partial charge in [-0.3, -0.25) is 9.59 Å². The Labute approximate surface area is 235 Å². The number of hydrogen-bond acceptors (Lipinski definition) is 4. The molecule has 1 aliphatic carbocycles. The van der Waals surface area contributed by atoms with Crippen LogP contribution in [0.15, 0.2) is 121 Å². The number of carbonyl (C=O) groups is 2. The smallest absolute Gasteiger partial charge is 0.314 e. The highest BCUT2D eigenvalue weighted by atomic mass is 16.5. The number of ether oxygens (including phenoxy) is 2. The molecule has 4 nitrogen and oxygen atoms in total. The van der Waals surface area contributed by atoms with Crippen molar-refractivity contribution in [2.45, 2.75) is 13.8 Å². The van der Waals surface area contributed by atoms with Gasteiger partial charge in [-0.15, -0.1) is 0 Å². The van der Waals surface area contributed by atoms with E-state index in [2.05, 4.69) is 24.3 Å². The first-order valence-electron chi connectivity index (χ1n) is 13.7. The van der Waals surface area contributed by atoms with Crippen molar-refractivity contribution < 1.29 is 19.1 Å². The molecule has 4 heteroatoms. The van der Waals surface area contributed by atoms with Crippen LogP contribution in [0, 0.1) is 11.8 Å². The molecule has 0 aliphatic heterocycles. The van der Waals surface area contributed by atoms with E-state index in [9.17, 15) is 9.59 Å². The van der Waals surface area contributed by atoms with Gasteiger partial charge < -0.3 is 9.47 Å². The largest absolute Gasteiger partial charge is 0.465 e. The molecule has 0 bridgehead atoms. The summed E-state index contributed by atoms with van der Waals surface area (Å²) in [5, 5.41) is 0. The average molecular weight is 529 g/mol. The standard InChI is InChI=1S/C36H32O4/c1-3-39-35(37)33-31(27-21-13-7-14-22-27)29(25-17-9-5-10-18-25)30(26-19-11-6-12-20-26)32(28-23-15-8-16-24-28)34(33)36(38)40-4-2/h5-24,33-34H,3-4H2,1-2H3. The summed E-state index contributed by atoms with van der Waals surface area (Å²) in [6.07, 6.45) is 0. The van der Waals surface area contributed by atoms with Crippen LogP contribution in [-0.4, -0.2) is 25.2 Å². The van der Waals surface area contributed by atoms with E-state index in [0.29, 0.717) is 0 Å². The topological polar surface area (TPSA) is 52.6 Å². The first-order valence-corrected chi connectivity index (χ1v) is 13.7. The second-order valence-corrected chi connectivity index (χ2v) is 9.50. The zero-order valence-corrected chi connectivity index (χ0v) is 22.7. The van der Waals surface area contributed by atoms with Crippen LogP contribution in [-0.2, 0) is 19.1 Å². The van der Waals surface area contributed by atoms with E-state index in [1.165, 1.54) is 0 Å². The number of allylic oxidation sites excluding steroid dienone is 2. The lowest BCUT2D eigenvalue weighted by Crippen LogP contribution is -2.37. The van der Waals surface area contributed by atoms with Crippen LogP contribution in [0.3, 0.4) is 0 Å². The molecular formula is C36H32O4. The van der Waals surface area contributed by atoms with Crippen LogP contribution in [0.5, 0.6) is 0 Å². The molecule has 0 fully saturated rings. The number of benzene rings is 4. The molecule has 0 spiro atoms. The second kappa shape index (κ2) is 12.4. The molecule has 0 saturated heterocycles. The molecular weight excluding hydrogens is 496 g/mol. The van der Waals surface area contributed by atoms with Gasteiger partial charge in [0.15, 0.2) is 0 Å². The Morgan fingerprint density at radius 3 is 1.02 bits per heavy atom. The van der Waals surface area contributed by atoms with Gasteiger partial charge in [-0.05, 0) is 58.4 Å². The molecule has 0 N–H and O–H groups in total. The molecule has 4 aromatic carbocycles. The molecule has 40 heavy (non-hydrogen) atoms. The van der Waals surface area contributed by atoms with Crippen LogP contribution in [0.1, 0.15) is 36.1 Å². The maximum atomic E-state index is 14.0.